The van der Waals surface area contributed by atoms with E-state index in [2.05, 4.69) is 11.1 Å². The molecule has 1 heteroatoms. The van der Waals surface area contributed by atoms with Crippen molar-refractivity contribution in [1.29, 1.82) is 0 Å². The van der Waals surface area contributed by atoms with Crippen molar-refractivity contribution in [3.8, 4) is 0 Å². The van der Waals surface area contributed by atoms with Gasteiger partial charge in [-0.05, 0) is 12.5 Å². The highest BCUT2D eigenvalue weighted by Gasteiger charge is 1.80. The Bertz CT molecular complexity index is 80.4. The summed E-state index contributed by atoms with van der Waals surface area (Å²) in [5.41, 5.74) is 0. The van der Waals surface area contributed by atoms with Gasteiger partial charge in [0.1, 0.15) is 0 Å². The van der Waals surface area contributed by atoms with E-state index in [0.29, 0.717) is 0 Å². The Hall–Kier alpha value is -0.590. The van der Waals surface area contributed by atoms with Crippen molar-refractivity contribution in [2.75, 3.05) is 6.54 Å². The second-order valence-electron chi connectivity index (χ2n) is 1.48. The molecule has 0 aromatic carbocycles. The lowest BCUT2D eigenvalue weighted by Crippen LogP contribution is -1.71. The van der Waals surface area contributed by atoms with E-state index in [-0.39, 0.29) is 0 Å². The van der Waals surface area contributed by atoms with E-state index in [1.54, 1.807) is 0 Å². The largest absolute Gasteiger partial charge is 0.297 e. The Morgan fingerprint density at radius 3 is 3.57 bits per heavy atom. The molecule has 37 valence electrons. The summed E-state index contributed by atoms with van der Waals surface area (Å²) < 4.78 is 0. The molecular weight excluding hydrogens is 86.1 g/mol. The zero-order chi connectivity index (χ0) is 4.95. The molecule has 1 heterocycles. The molecule has 0 saturated heterocycles. The van der Waals surface area contributed by atoms with E-state index in [0.717, 1.165) is 19.4 Å². The fourth-order valence-electron chi connectivity index (χ4n) is 0.533. The first-order valence-electron chi connectivity index (χ1n) is 2.53. The quantitative estimate of drug-likeness (QED) is 0.428. The summed E-state index contributed by atoms with van der Waals surface area (Å²) >= 11 is 0. The molecule has 0 fully saturated rings. The summed E-state index contributed by atoms with van der Waals surface area (Å²) in [5.74, 6) is 0. The van der Waals surface area contributed by atoms with Gasteiger partial charge in [-0.3, -0.25) is 4.99 Å². The van der Waals surface area contributed by atoms with Crippen LogP contribution in [0.2, 0.25) is 0 Å². The fourth-order valence-corrected chi connectivity index (χ4v) is 0.533. The van der Waals surface area contributed by atoms with Crippen LogP contribution in [0.25, 0.3) is 0 Å². The normalized spacial score (nSPS) is 19.4. The van der Waals surface area contributed by atoms with Gasteiger partial charge >= 0.3 is 0 Å². The molecule has 1 radical (unpaired) electrons. The number of hydrogen-bond donors (Lipinski definition) is 0. The molecule has 1 aliphatic rings. The van der Waals surface area contributed by atoms with Crippen LogP contribution in [-0.4, -0.2) is 12.8 Å². The fraction of sp³-hybridized carbons (Fsp3) is 0.500. The Labute approximate surface area is 43.8 Å². The van der Waals surface area contributed by atoms with Gasteiger partial charge in [0.15, 0.2) is 0 Å². The highest BCUT2D eigenvalue weighted by molar-refractivity contribution is 5.59. The van der Waals surface area contributed by atoms with Crippen molar-refractivity contribution >= 4 is 6.21 Å². The van der Waals surface area contributed by atoms with E-state index in [1.165, 1.54) is 0 Å². The van der Waals surface area contributed by atoms with E-state index in [9.17, 15) is 0 Å². The van der Waals surface area contributed by atoms with Gasteiger partial charge in [-0.2, -0.15) is 0 Å². The minimum Gasteiger partial charge on any atom is -0.297 e. The first-order valence-corrected chi connectivity index (χ1v) is 2.53. The first kappa shape index (κ1) is 4.57. The van der Waals surface area contributed by atoms with E-state index >= 15 is 0 Å². The van der Waals surface area contributed by atoms with Gasteiger partial charge < -0.3 is 0 Å². The second-order valence-corrected chi connectivity index (χ2v) is 1.48. The van der Waals surface area contributed by atoms with Crippen molar-refractivity contribution in [1.82, 2.24) is 0 Å². The van der Waals surface area contributed by atoms with Crippen molar-refractivity contribution in [2.24, 2.45) is 4.99 Å². The Morgan fingerprint density at radius 1 is 1.57 bits per heavy atom. The molecule has 0 aliphatic carbocycles. The van der Waals surface area contributed by atoms with E-state index in [1.807, 2.05) is 12.3 Å². The standard InChI is InChI=1S/C6H8N/c1-2-4-6-7-5-3-1/h1,5H,3-4,6H2. The molecule has 0 unspecified atom stereocenters. The molecule has 0 aromatic rings. The van der Waals surface area contributed by atoms with Crippen LogP contribution in [0, 0.1) is 6.08 Å². The van der Waals surface area contributed by atoms with Gasteiger partial charge in [0.05, 0.1) is 0 Å². The van der Waals surface area contributed by atoms with Crippen LogP contribution < -0.4 is 0 Å². The summed E-state index contributed by atoms with van der Waals surface area (Å²) in [5, 5.41) is 0. The van der Waals surface area contributed by atoms with Crippen LogP contribution in [0.3, 0.4) is 0 Å². The Morgan fingerprint density at radius 2 is 2.57 bits per heavy atom. The van der Waals surface area contributed by atoms with Gasteiger partial charge in [-0.25, -0.2) is 0 Å². The summed E-state index contributed by atoms with van der Waals surface area (Å²) in [4.78, 5) is 4.05. The minimum absolute atomic E-state index is 0.927. The molecule has 0 atom stereocenters. The highest BCUT2D eigenvalue weighted by atomic mass is 14.7. The monoisotopic (exact) mass is 94.1 g/mol. The van der Waals surface area contributed by atoms with Gasteiger partial charge in [-0.1, -0.05) is 6.08 Å². The van der Waals surface area contributed by atoms with Crippen LogP contribution in [0.5, 0.6) is 0 Å². The van der Waals surface area contributed by atoms with E-state index in [4.69, 9.17) is 0 Å². The number of allylic oxidation sites excluding steroid dienone is 1. The third-order valence-electron chi connectivity index (χ3n) is 0.882. The van der Waals surface area contributed by atoms with Gasteiger partial charge in [0.25, 0.3) is 0 Å². The molecule has 0 amide bonds. The summed E-state index contributed by atoms with van der Waals surface area (Å²) in [7, 11) is 0. The van der Waals surface area contributed by atoms with Gasteiger partial charge in [-0.15, -0.1) is 0 Å². The average Bonchev–Trinajstić information content (AvgIpc) is 1.90. The number of nitrogens with zero attached hydrogens (tertiary/aromatic N) is 1. The molecule has 0 N–H and O–H groups in total. The van der Waals surface area contributed by atoms with Crippen molar-refractivity contribution in [2.45, 2.75) is 12.8 Å². The summed E-state index contributed by atoms with van der Waals surface area (Å²) in [6.45, 7) is 0.927. The number of hydrogen-bond acceptors (Lipinski definition) is 1. The molecule has 0 spiro atoms. The third-order valence-corrected chi connectivity index (χ3v) is 0.882. The van der Waals surface area contributed by atoms with E-state index < -0.39 is 0 Å². The lowest BCUT2D eigenvalue weighted by molar-refractivity contribution is 1.00. The Kier molecular flexibility index (Phi) is 1.67. The predicted molar refractivity (Wildman–Crippen MR) is 30.4 cm³/mol. The molecule has 0 aromatic heterocycles. The molecular formula is C6H8N. The van der Waals surface area contributed by atoms with Crippen LogP contribution >= 0.6 is 0 Å². The highest BCUT2D eigenvalue weighted by Crippen LogP contribution is 1.89. The molecule has 1 nitrogen and oxygen atoms in total. The molecule has 1 rings (SSSR count). The molecule has 0 saturated carbocycles. The van der Waals surface area contributed by atoms with Gasteiger partial charge in [0.2, 0.25) is 0 Å². The predicted octanol–water partition coefficient (Wildman–Crippen LogP) is 1.21. The topological polar surface area (TPSA) is 12.4 Å². The third kappa shape index (κ3) is 1.53. The SMILES string of the molecule is [C]1=CCC=NCC1. The van der Waals surface area contributed by atoms with Crippen LogP contribution in [0.1, 0.15) is 12.8 Å². The Balaban J connectivity index is 2.38. The average molecular weight is 94.1 g/mol. The minimum atomic E-state index is 0.927. The number of rotatable bonds is 0. The number of aliphatic imine (C=N–C) groups is 1. The van der Waals surface area contributed by atoms with Crippen LogP contribution in [0.4, 0.5) is 0 Å². The zero-order valence-electron chi connectivity index (χ0n) is 4.22. The molecule has 7 heavy (non-hydrogen) atoms. The first-order chi connectivity index (χ1) is 3.50. The maximum atomic E-state index is 4.05. The maximum absolute atomic E-state index is 4.05. The van der Waals surface area contributed by atoms with Gasteiger partial charge in [0, 0.05) is 19.2 Å². The second kappa shape index (κ2) is 2.56. The smallest absolute Gasteiger partial charge is 0.0425 e. The zero-order valence-corrected chi connectivity index (χ0v) is 4.22. The summed E-state index contributed by atoms with van der Waals surface area (Å²) in [6, 6.07) is 0. The van der Waals surface area contributed by atoms with Crippen molar-refractivity contribution in [3.05, 3.63) is 12.2 Å². The summed E-state index contributed by atoms with van der Waals surface area (Å²) in [6.07, 6.45) is 9.02. The van der Waals surface area contributed by atoms with Crippen LogP contribution in [-0.2, 0) is 0 Å². The molecule has 1 aliphatic heterocycles. The van der Waals surface area contributed by atoms with Crippen molar-refractivity contribution in [3.63, 3.8) is 0 Å². The lowest BCUT2D eigenvalue weighted by atomic mass is 10.4. The maximum Gasteiger partial charge on any atom is 0.0425 e. The lowest BCUT2D eigenvalue weighted by Gasteiger charge is -1.76. The van der Waals surface area contributed by atoms with Crippen molar-refractivity contribution < 1.29 is 0 Å². The van der Waals surface area contributed by atoms with Crippen LogP contribution in [0.15, 0.2) is 11.1 Å². The molecule has 0 bridgehead atoms.